The van der Waals surface area contributed by atoms with Crippen molar-refractivity contribution in [2.45, 2.75) is 18.8 Å². The Morgan fingerprint density at radius 3 is 2.41 bits per heavy atom. The second-order valence-corrected chi connectivity index (χ2v) is 3.85. The highest BCUT2D eigenvalue weighted by atomic mass is 16.6. The fourth-order valence-corrected chi connectivity index (χ4v) is 1.84. The van der Waals surface area contributed by atoms with Crippen LogP contribution in [0.3, 0.4) is 0 Å². The highest BCUT2D eigenvalue weighted by molar-refractivity contribution is 6.00. The Morgan fingerprint density at radius 1 is 1.24 bits per heavy atom. The van der Waals surface area contributed by atoms with Crippen molar-refractivity contribution in [3.05, 3.63) is 39.9 Å². The molecule has 1 aliphatic rings. The molecule has 0 aliphatic carbocycles. The van der Waals surface area contributed by atoms with Crippen molar-refractivity contribution in [1.29, 1.82) is 0 Å². The van der Waals surface area contributed by atoms with Crippen LogP contribution < -0.4 is 5.32 Å². The van der Waals surface area contributed by atoms with Crippen LogP contribution in [0.25, 0.3) is 0 Å². The number of hydrogen-bond donors (Lipinski definition) is 1. The first kappa shape index (κ1) is 11.3. The van der Waals surface area contributed by atoms with E-state index >= 15 is 0 Å². The second kappa shape index (κ2) is 4.32. The topological polar surface area (TPSA) is 89.3 Å². The van der Waals surface area contributed by atoms with Crippen LogP contribution in [0.4, 0.5) is 5.69 Å². The van der Waals surface area contributed by atoms with Gasteiger partial charge in [-0.05, 0) is 12.0 Å². The number of rotatable bonds is 2. The van der Waals surface area contributed by atoms with Crippen molar-refractivity contribution < 1.29 is 14.5 Å². The third-order valence-electron chi connectivity index (χ3n) is 2.75. The van der Waals surface area contributed by atoms with Gasteiger partial charge in [-0.15, -0.1) is 0 Å². The van der Waals surface area contributed by atoms with Gasteiger partial charge in [0.25, 0.3) is 5.69 Å². The van der Waals surface area contributed by atoms with Crippen LogP contribution in [0.2, 0.25) is 0 Å². The van der Waals surface area contributed by atoms with Gasteiger partial charge < -0.3 is 0 Å². The van der Waals surface area contributed by atoms with Crippen LogP contribution >= 0.6 is 0 Å². The molecule has 2 amide bonds. The number of nitro benzene ring substituents is 1. The van der Waals surface area contributed by atoms with E-state index in [1.54, 1.807) is 12.1 Å². The lowest BCUT2D eigenvalue weighted by atomic mass is 9.90. The average Bonchev–Trinajstić information content (AvgIpc) is 2.29. The minimum Gasteiger partial charge on any atom is -0.296 e. The van der Waals surface area contributed by atoms with Gasteiger partial charge in [0.1, 0.15) is 0 Å². The van der Waals surface area contributed by atoms with Crippen molar-refractivity contribution in [2.24, 2.45) is 0 Å². The molecule has 1 N–H and O–H groups in total. The van der Waals surface area contributed by atoms with Gasteiger partial charge in [-0.1, -0.05) is 12.1 Å². The van der Waals surface area contributed by atoms with E-state index in [0.717, 1.165) is 0 Å². The van der Waals surface area contributed by atoms with E-state index in [-0.39, 0.29) is 17.5 Å². The van der Waals surface area contributed by atoms with E-state index in [4.69, 9.17) is 0 Å². The van der Waals surface area contributed by atoms with Crippen LogP contribution in [0.5, 0.6) is 0 Å². The first-order chi connectivity index (χ1) is 8.08. The molecule has 1 aromatic rings. The van der Waals surface area contributed by atoms with Gasteiger partial charge in [0.2, 0.25) is 11.8 Å². The molecule has 0 aromatic heterocycles. The summed E-state index contributed by atoms with van der Waals surface area (Å²) >= 11 is 0. The highest BCUT2D eigenvalue weighted by Gasteiger charge is 2.27. The summed E-state index contributed by atoms with van der Waals surface area (Å²) in [5.74, 6) is -1.00. The van der Waals surface area contributed by atoms with Crippen LogP contribution in [0.1, 0.15) is 24.3 Å². The van der Waals surface area contributed by atoms with Crippen LogP contribution in [-0.4, -0.2) is 16.7 Å². The van der Waals surface area contributed by atoms with Gasteiger partial charge in [-0.3, -0.25) is 25.0 Å². The summed E-state index contributed by atoms with van der Waals surface area (Å²) in [7, 11) is 0. The molecule has 88 valence electrons. The lowest BCUT2D eigenvalue weighted by molar-refractivity contribution is -0.384. The van der Waals surface area contributed by atoms with Crippen LogP contribution in [0, 0.1) is 10.1 Å². The summed E-state index contributed by atoms with van der Waals surface area (Å²) in [6.07, 6.45) is 0.746. The lowest BCUT2D eigenvalue weighted by Gasteiger charge is -2.20. The summed E-state index contributed by atoms with van der Waals surface area (Å²) in [6, 6.07) is 5.83. The molecule has 1 heterocycles. The molecular weight excluding hydrogens is 224 g/mol. The molecule has 0 bridgehead atoms. The van der Waals surface area contributed by atoms with Gasteiger partial charge in [-0.2, -0.15) is 0 Å². The lowest BCUT2D eigenvalue weighted by Crippen LogP contribution is -2.39. The minimum absolute atomic E-state index is 0.0129. The summed E-state index contributed by atoms with van der Waals surface area (Å²) in [4.78, 5) is 32.5. The fraction of sp³-hybridized carbons (Fsp3) is 0.273. The number of imide groups is 1. The van der Waals surface area contributed by atoms with E-state index in [1.165, 1.54) is 12.1 Å². The maximum Gasteiger partial charge on any atom is 0.269 e. The van der Waals surface area contributed by atoms with E-state index < -0.39 is 10.8 Å². The van der Waals surface area contributed by atoms with E-state index in [1.807, 2.05) is 0 Å². The molecule has 1 fully saturated rings. The molecule has 1 unspecified atom stereocenters. The number of carbonyl (C=O) groups is 2. The quantitative estimate of drug-likeness (QED) is 0.471. The Morgan fingerprint density at radius 2 is 1.88 bits per heavy atom. The maximum absolute atomic E-state index is 11.6. The monoisotopic (exact) mass is 234 g/mol. The number of nitrogens with zero attached hydrogens (tertiary/aromatic N) is 1. The number of benzene rings is 1. The number of nitrogens with one attached hydrogen (secondary N) is 1. The molecule has 0 radical (unpaired) electrons. The van der Waals surface area contributed by atoms with E-state index in [0.29, 0.717) is 18.4 Å². The molecule has 1 saturated heterocycles. The van der Waals surface area contributed by atoms with Gasteiger partial charge >= 0.3 is 0 Å². The number of nitro groups is 1. The van der Waals surface area contributed by atoms with Crippen molar-refractivity contribution in [3.8, 4) is 0 Å². The van der Waals surface area contributed by atoms with Crippen LogP contribution in [0.15, 0.2) is 24.3 Å². The van der Waals surface area contributed by atoms with E-state index in [2.05, 4.69) is 5.32 Å². The predicted octanol–water partition coefficient (Wildman–Crippen LogP) is 1.11. The highest BCUT2D eigenvalue weighted by Crippen LogP contribution is 2.26. The number of carbonyl (C=O) groups excluding carboxylic acids is 2. The SMILES string of the molecule is O=C1CCC(c2ccc([N+](=O)[O-])cc2)C(=O)N1. The van der Waals surface area contributed by atoms with Crippen molar-refractivity contribution in [1.82, 2.24) is 5.32 Å². The molecule has 0 saturated carbocycles. The first-order valence-corrected chi connectivity index (χ1v) is 5.16. The summed E-state index contributed by atoms with van der Waals surface area (Å²) in [6.45, 7) is 0. The normalized spacial score (nSPS) is 19.9. The zero-order chi connectivity index (χ0) is 12.4. The zero-order valence-corrected chi connectivity index (χ0v) is 8.88. The molecular formula is C11H10N2O4. The molecule has 1 aromatic carbocycles. The van der Waals surface area contributed by atoms with Crippen molar-refractivity contribution in [3.63, 3.8) is 0 Å². The smallest absolute Gasteiger partial charge is 0.269 e. The number of hydrogen-bond acceptors (Lipinski definition) is 4. The fourth-order valence-electron chi connectivity index (χ4n) is 1.84. The predicted molar refractivity (Wildman–Crippen MR) is 58.2 cm³/mol. The molecule has 17 heavy (non-hydrogen) atoms. The van der Waals surface area contributed by atoms with Gasteiger partial charge in [0.15, 0.2) is 0 Å². The molecule has 1 atom stereocenters. The van der Waals surface area contributed by atoms with Crippen LogP contribution in [-0.2, 0) is 9.59 Å². The Bertz CT molecular complexity index is 481. The summed E-state index contributed by atoms with van der Waals surface area (Å²) in [5.41, 5.74) is 0.682. The first-order valence-electron chi connectivity index (χ1n) is 5.16. The van der Waals surface area contributed by atoms with Gasteiger partial charge in [0.05, 0.1) is 10.8 Å². The third kappa shape index (κ3) is 2.30. The summed E-state index contributed by atoms with van der Waals surface area (Å²) < 4.78 is 0. The largest absolute Gasteiger partial charge is 0.296 e. The maximum atomic E-state index is 11.6. The molecule has 0 spiro atoms. The second-order valence-electron chi connectivity index (χ2n) is 3.85. The van der Waals surface area contributed by atoms with Crippen molar-refractivity contribution >= 4 is 17.5 Å². The summed E-state index contributed by atoms with van der Waals surface area (Å²) in [5, 5.41) is 12.7. The minimum atomic E-state index is -0.492. The molecule has 1 aliphatic heterocycles. The van der Waals surface area contributed by atoms with Gasteiger partial charge in [-0.25, -0.2) is 0 Å². The number of non-ortho nitro benzene ring substituents is 1. The number of amides is 2. The third-order valence-corrected chi connectivity index (χ3v) is 2.75. The molecule has 6 heteroatoms. The molecule has 6 nitrogen and oxygen atoms in total. The van der Waals surface area contributed by atoms with Crippen molar-refractivity contribution in [2.75, 3.05) is 0 Å². The van der Waals surface area contributed by atoms with E-state index in [9.17, 15) is 19.7 Å². The van der Waals surface area contributed by atoms with Gasteiger partial charge in [0, 0.05) is 18.6 Å². The zero-order valence-electron chi connectivity index (χ0n) is 8.88. The Labute approximate surface area is 96.8 Å². The molecule has 2 rings (SSSR count). The Kier molecular flexibility index (Phi) is 2.86. The average molecular weight is 234 g/mol. The number of piperidine rings is 1. The Balaban J connectivity index is 2.20. The standard InChI is InChI=1S/C11H10N2O4/c14-10-6-5-9(11(15)12-10)7-1-3-8(4-2-7)13(16)17/h1-4,9H,5-6H2,(H,12,14,15). The Hall–Kier alpha value is -2.24.